The number of aryl methyl sites for hydroxylation is 1. The molecular formula is C23H23N3O2. The molecule has 0 bridgehead atoms. The van der Waals surface area contributed by atoms with Crippen LogP contribution in [0, 0.1) is 13.8 Å². The van der Waals surface area contributed by atoms with Crippen molar-refractivity contribution >= 4 is 33.4 Å². The van der Waals surface area contributed by atoms with Crippen LogP contribution in [0.4, 0.5) is 5.69 Å². The van der Waals surface area contributed by atoms with Gasteiger partial charge >= 0.3 is 0 Å². The molecule has 0 aliphatic carbocycles. The van der Waals surface area contributed by atoms with Gasteiger partial charge in [0.15, 0.2) is 0 Å². The summed E-state index contributed by atoms with van der Waals surface area (Å²) in [4.78, 5) is 17.1. The third-order valence-electron chi connectivity index (χ3n) is 5.28. The topological polar surface area (TPSA) is 56.1 Å². The number of methoxy groups -OCH3 is 1. The van der Waals surface area contributed by atoms with Crippen LogP contribution in [0.5, 0.6) is 0 Å². The summed E-state index contributed by atoms with van der Waals surface area (Å²) in [7, 11) is 1.71. The summed E-state index contributed by atoms with van der Waals surface area (Å²) in [6.45, 7) is 5.65. The quantitative estimate of drug-likeness (QED) is 0.551. The molecule has 1 amide bonds. The lowest BCUT2D eigenvalue weighted by atomic mass is 10.1. The Kier molecular flexibility index (Phi) is 4.84. The van der Waals surface area contributed by atoms with E-state index in [9.17, 15) is 4.79 Å². The predicted molar refractivity (Wildman–Crippen MR) is 113 cm³/mol. The van der Waals surface area contributed by atoms with E-state index in [-0.39, 0.29) is 5.91 Å². The number of nitrogens with one attached hydrogen (secondary N) is 1. The fourth-order valence-corrected chi connectivity index (χ4v) is 3.62. The summed E-state index contributed by atoms with van der Waals surface area (Å²) in [6, 6.07) is 15.5. The highest BCUT2D eigenvalue weighted by Gasteiger charge is 2.14. The van der Waals surface area contributed by atoms with Crippen LogP contribution in [0.2, 0.25) is 0 Å². The first-order valence-electron chi connectivity index (χ1n) is 9.33. The van der Waals surface area contributed by atoms with Crippen molar-refractivity contribution in [2.75, 3.05) is 19.0 Å². The van der Waals surface area contributed by atoms with E-state index < -0.39 is 0 Å². The number of benzene rings is 2. The second-order valence-corrected chi connectivity index (χ2v) is 6.95. The number of ether oxygens (including phenoxy) is 1. The number of carbonyl (C=O) groups excluding carboxylic acids is 1. The maximum atomic E-state index is 12.8. The Labute approximate surface area is 164 Å². The van der Waals surface area contributed by atoms with Gasteiger partial charge in [0, 0.05) is 53.1 Å². The number of nitrogens with zero attached hydrogens (tertiary/aromatic N) is 2. The van der Waals surface area contributed by atoms with Crippen LogP contribution in [-0.4, -0.2) is 29.2 Å². The first-order chi connectivity index (χ1) is 13.6. The number of rotatable bonds is 5. The van der Waals surface area contributed by atoms with Gasteiger partial charge in [-0.2, -0.15) is 0 Å². The minimum Gasteiger partial charge on any atom is -0.383 e. The van der Waals surface area contributed by atoms with Gasteiger partial charge in [-0.05, 0) is 61.9 Å². The molecule has 4 aromatic rings. The highest BCUT2D eigenvalue weighted by molar-refractivity contribution is 6.07. The summed E-state index contributed by atoms with van der Waals surface area (Å²) in [5.41, 5.74) is 5.83. The lowest BCUT2D eigenvalue weighted by molar-refractivity contribution is 0.102. The predicted octanol–water partition coefficient (Wildman–Crippen LogP) is 4.71. The number of anilines is 1. The molecule has 0 aliphatic rings. The fraction of sp³-hybridized carbons (Fsp3) is 0.217. The van der Waals surface area contributed by atoms with Crippen molar-refractivity contribution in [2.45, 2.75) is 20.4 Å². The molecule has 0 aliphatic heterocycles. The zero-order valence-electron chi connectivity index (χ0n) is 16.3. The van der Waals surface area contributed by atoms with Crippen molar-refractivity contribution in [3.63, 3.8) is 0 Å². The Bertz CT molecular complexity index is 1180. The number of carbonyl (C=O) groups is 1. The Morgan fingerprint density at radius 2 is 2.00 bits per heavy atom. The van der Waals surface area contributed by atoms with Gasteiger partial charge in [0.2, 0.25) is 0 Å². The molecule has 0 unspecified atom stereocenters. The number of aromatic nitrogens is 2. The van der Waals surface area contributed by atoms with Crippen molar-refractivity contribution in [3.8, 4) is 0 Å². The zero-order valence-corrected chi connectivity index (χ0v) is 16.3. The molecule has 4 rings (SSSR count). The third kappa shape index (κ3) is 3.25. The van der Waals surface area contributed by atoms with Crippen LogP contribution in [0.15, 0.2) is 54.7 Å². The molecule has 0 radical (unpaired) electrons. The molecule has 142 valence electrons. The monoisotopic (exact) mass is 373 g/mol. The first kappa shape index (κ1) is 18.2. The van der Waals surface area contributed by atoms with E-state index in [4.69, 9.17) is 4.74 Å². The summed E-state index contributed by atoms with van der Waals surface area (Å²) in [5.74, 6) is -0.119. The molecule has 1 N–H and O–H groups in total. The van der Waals surface area contributed by atoms with Gasteiger partial charge in [0.1, 0.15) is 0 Å². The van der Waals surface area contributed by atoms with Crippen molar-refractivity contribution in [3.05, 3.63) is 71.5 Å². The van der Waals surface area contributed by atoms with Gasteiger partial charge in [-0.3, -0.25) is 9.78 Å². The Morgan fingerprint density at radius 3 is 2.82 bits per heavy atom. The van der Waals surface area contributed by atoms with E-state index in [1.165, 1.54) is 11.3 Å². The molecular weight excluding hydrogens is 350 g/mol. The van der Waals surface area contributed by atoms with E-state index >= 15 is 0 Å². The lowest BCUT2D eigenvalue weighted by Crippen LogP contribution is -2.12. The van der Waals surface area contributed by atoms with Gasteiger partial charge in [0.05, 0.1) is 12.1 Å². The number of hydrogen-bond acceptors (Lipinski definition) is 3. The minimum atomic E-state index is -0.119. The Morgan fingerprint density at radius 1 is 1.14 bits per heavy atom. The average molecular weight is 373 g/mol. The molecule has 0 atom stereocenters. The van der Waals surface area contributed by atoms with Crippen molar-refractivity contribution in [1.82, 2.24) is 9.55 Å². The van der Waals surface area contributed by atoms with Crippen molar-refractivity contribution < 1.29 is 9.53 Å². The lowest BCUT2D eigenvalue weighted by Gasteiger charge is -2.09. The molecule has 0 saturated heterocycles. The standard InChI is InChI=1S/C23H23N3O2/c1-15-16(2)26(11-12-28-3)22-9-6-18(14-20(15)22)23(27)25-19-7-8-21-17(13-19)5-4-10-24-21/h4-10,13-14H,11-12H2,1-3H3,(H,25,27). The number of fused-ring (bicyclic) bond motifs is 2. The molecule has 0 saturated carbocycles. The second kappa shape index (κ2) is 7.44. The van der Waals surface area contributed by atoms with Gasteiger partial charge in [-0.15, -0.1) is 0 Å². The fourth-order valence-electron chi connectivity index (χ4n) is 3.62. The van der Waals surface area contributed by atoms with Crippen LogP contribution in [-0.2, 0) is 11.3 Å². The maximum Gasteiger partial charge on any atom is 0.255 e. The van der Waals surface area contributed by atoms with Gasteiger partial charge < -0.3 is 14.6 Å². The SMILES string of the molecule is COCCn1c(C)c(C)c2cc(C(=O)Nc3ccc4ncccc4c3)ccc21. The molecule has 0 fully saturated rings. The van der Waals surface area contributed by atoms with Crippen LogP contribution in [0.3, 0.4) is 0 Å². The molecule has 5 heteroatoms. The molecule has 2 aromatic heterocycles. The maximum absolute atomic E-state index is 12.8. The molecule has 5 nitrogen and oxygen atoms in total. The largest absolute Gasteiger partial charge is 0.383 e. The third-order valence-corrected chi connectivity index (χ3v) is 5.28. The van der Waals surface area contributed by atoms with E-state index in [1.54, 1.807) is 13.3 Å². The average Bonchev–Trinajstić information content (AvgIpc) is 2.96. The minimum absolute atomic E-state index is 0.119. The Hall–Kier alpha value is -3.18. The van der Waals surface area contributed by atoms with Crippen LogP contribution < -0.4 is 5.32 Å². The number of amides is 1. The van der Waals surface area contributed by atoms with Gasteiger partial charge in [0.25, 0.3) is 5.91 Å². The summed E-state index contributed by atoms with van der Waals surface area (Å²) in [6.07, 6.45) is 1.76. The number of hydrogen-bond donors (Lipinski definition) is 1. The molecule has 28 heavy (non-hydrogen) atoms. The molecule has 2 heterocycles. The van der Waals surface area contributed by atoms with Gasteiger partial charge in [-0.25, -0.2) is 0 Å². The number of pyridine rings is 1. The second-order valence-electron chi connectivity index (χ2n) is 6.95. The summed E-state index contributed by atoms with van der Waals surface area (Å²) < 4.78 is 7.47. The van der Waals surface area contributed by atoms with Gasteiger partial charge in [-0.1, -0.05) is 6.07 Å². The van der Waals surface area contributed by atoms with E-state index in [0.717, 1.165) is 34.0 Å². The molecule has 0 spiro atoms. The van der Waals surface area contributed by atoms with Crippen molar-refractivity contribution in [2.24, 2.45) is 0 Å². The zero-order chi connectivity index (χ0) is 19.7. The summed E-state index contributed by atoms with van der Waals surface area (Å²) in [5, 5.41) is 5.10. The van der Waals surface area contributed by atoms with E-state index in [0.29, 0.717) is 12.2 Å². The van der Waals surface area contributed by atoms with E-state index in [2.05, 4.69) is 28.7 Å². The van der Waals surface area contributed by atoms with Crippen LogP contribution in [0.1, 0.15) is 21.6 Å². The van der Waals surface area contributed by atoms with Crippen LogP contribution >= 0.6 is 0 Å². The Balaban J connectivity index is 1.64. The normalized spacial score (nSPS) is 11.2. The van der Waals surface area contributed by atoms with Crippen molar-refractivity contribution in [1.29, 1.82) is 0 Å². The highest BCUT2D eigenvalue weighted by Crippen LogP contribution is 2.27. The highest BCUT2D eigenvalue weighted by atomic mass is 16.5. The molecule has 2 aromatic carbocycles. The van der Waals surface area contributed by atoms with Crippen LogP contribution in [0.25, 0.3) is 21.8 Å². The van der Waals surface area contributed by atoms with E-state index in [1.807, 2.05) is 48.5 Å². The summed E-state index contributed by atoms with van der Waals surface area (Å²) >= 11 is 0. The first-order valence-corrected chi connectivity index (χ1v) is 9.33. The smallest absolute Gasteiger partial charge is 0.255 e.